The number of ether oxygens (including phenoxy) is 1. The van der Waals surface area contributed by atoms with Crippen molar-refractivity contribution in [3.8, 4) is 0 Å². The van der Waals surface area contributed by atoms with E-state index in [0.717, 1.165) is 18.1 Å². The Morgan fingerprint density at radius 2 is 2.04 bits per heavy atom. The molecule has 0 bridgehead atoms. The molecule has 0 atom stereocenters. The fourth-order valence-electron chi connectivity index (χ4n) is 2.22. The molecule has 0 aliphatic rings. The van der Waals surface area contributed by atoms with E-state index in [1.807, 2.05) is 6.07 Å². The van der Waals surface area contributed by atoms with Gasteiger partial charge in [-0.25, -0.2) is 4.98 Å². The highest BCUT2D eigenvalue weighted by Crippen LogP contribution is 2.34. The predicted octanol–water partition coefficient (Wildman–Crippen LogP) is 4.20. The zero-order chi connectivity index (χ0) is 16.8. The lowest BCUT2D eigenvalue weighted by molar-refractivity contribution is 0.272. The standard InChI is InChI=1S/C17H23N3OS2/c1-5-20-14(11-21-17(22)18-4)19-15(12(2)3)16(20)23-13-9-7-6-8-10-13/h6-10,12H,5,11H2,1-4H3,(H,18,22). The second kappa shape index (κ2) is 8.36. The van der Waals surface area contributed by atoms with Crippen LogP contribution in [0, 0.1) is 0 Å². The number of hydrogen-bond donors (Lipinski definition) is 1. The summed E-state index contributed by atoms with van der Waals surface area (Å²) in [5.41, 5.74) is 1.11. The molecule has 1 N–H and O–H groups in total. The van der Waals surface area contributed by atoms with Crippen molar-refractivity contribution in [3.05, 3.63) is 41.9 Å². The van der Waals surface area contributed by atoms with E-state index in [9.17, 15) is 0 Å². The molecule has 0 radical (unpaired) electrons. The van der Waals surface area contributed by atoms with Crippen LogP contribution in [0.1, 0.15) is 38.2 Å². The minimum Gasteiger partial charge on any atom is -0.463 e. The van der Waals surface area contributed by atoms with Crippen LogP contribution in [-0.4, -0.2) is 21.8 Å². The summed E-state index contributed by atoms with van der Waals surface area (Å²) in [7, 11) is 1.75. The Hall–Kier alpha value is -1.53. The van der Waals surface area contributed by atoms with Gasteiger partial charge in [0.05, 0.1) is 5.69 Å². The van der Waals surface area contributed by atoms with Crippen molar-refractivity contribution in [2.75, 3.05) is 7.05 Å². The monoisotopic (exact) mass is 349 g/mol. The molecule has 1 aromatic heterocycles. The number of imidazole rings is 1. The number of rotatable bonds is 6. The van der Waals surface area contributed by atoms with Crippen molar-refractivity contribution in [2.45, 2.75) is 49.8 Å². The van der Waals surface area contributed by atoms with Crippen molar-refractivity contribution in [3.63, 3.8) is 0 Å². The maximum absolute atomic E-state index is 5.55. The highest BCUT2D eigenvalue weighted by atomic mass is 32.2. The Labute approximate surface area is 147 Å². The second-order valence-corrected chi connectivity index (χ2v) is 6.79. The number of aromatic nitrogens is 2. The molecule has 0 saturated heterocycles. The number of thiocarbonyl (C=S) groups is 1. The van der Waals surface area contributed by atoms with Crippen LogP contribution in [0.3, 0.4) is 0 Å². The molecule has 4 nitrogen and oxygen atoms in total. The largest absolute Gasteiger partial charge is 0.463 e. The summed E-state index contributed by atoms with van der Waals surface area (Å²) < 4.78 is 7.76. The highest BCUT2D eigenvalue weighted by molar-refractivity contribution is 7.99. The minimum absolute atomic E-state index is 0.351. The normalized spacial score (nSPS) is 10.8. The van der Waals surface area contributed by atoms with E-state index >= 15 is 0 Å². The van der Waals surface area contributed by atoms with Crippen LogP contribution in [0.2, 0.25) is 0 Å². The molecule has 23 heavy (non-hydrogen) atoms. The molecule has 0 amide bonds. The lowest BCUT2D eigenvalue weighted by Gasteiger charge is -2.11. The molecular weight excluding hydrogens is 326 g/mol. The molecule has 0 aliphatic heterocycles. The summed E-state index contributed by atoms with van der Waals surface area (Å²) in [5, 5.41) is 4.39. The van der Waals surface area contributed by atoms with E-state index in [0.29, 0.717) is 17.7 Å². The summed E-state index contributed by atoms with van der Waals surface area (Å²) in [5.74, 6) is 1.26. The first-order valence-corrected chi connectivity index (χ1v) is 8.96. The van der Waals surface area contributed by atoms with Crippen molar-refractivity contribution in [2.24, 2.45) is 0 Å². The molecule has 1 aromatic carbocycles. The van der Waals surface area contributed by atoms with Gasteiger partial charge in [-0.05, 0) is 37.2 Å². The van der Waals surface area contributed by atoms with Gasteiger partial charge in [0, 0.05) is 18.5 Å². The van der Waals surface area contributed by atoms with Crippen LogP contribution in [0.25, 0.3) is 0 Å². The summed E-state index contributed by atoms with van der Waals surface area (Å²) in [6, 6.07) is 10.4. The van der Waals surface area contributed by atoms with Gasteiger partial charge in [0.25, 0.3) is 5.17 Å². The van der Waals surface area contributed by atoms with Gasteiger partial charge in [-0.2, -0.15) is 0 Å². The summed E-state index contributed by atoms with van der Waals surface area (Å²) in [6.45, 7) is 7.68. The van der Waals surface area contributed by atoms with E-state index in [4.69, 9.17) is 21.9 Å². The first kappa shape index (κ1) is 17.8. The first-order valence-electron chi connectivity index (χ1n) is 7.73. The van der Waals surface area contributed by atoms with Gasteiger partial charge >= 0.3 is 0 Å². The topological polar surface area (TPSA) is 39.1 Å². The van der Waals surface area contributed by atoms with Crippen molar-refractivity contribution in [1.82, 2.24) is 14.9 Å². The summed E-state index contributed by atoms with van der Waals surface area (Å²) >= 11 is 6.81. The zero-order valence-electron chi connectivity index (χ0n) is 14.0. The third kappa shape index (κ3) is 4.48. The Morgan fingerprint density at radius 1 is 1.35 bits per heavy atom. The van der Waals surface area contributed by atoms with Gasteiger partial charge in [0.1, 0.15) is 17.5 Å². The first-order chi connectivity index (χ1) is 11.1. The van der Waals surface area contributed by atoms with Gasteiger partial charge < -0.3 is 14.6 Å². The summed E-state index contributed by atoms with van der Waals surface area (Å²) in [4.78, 5) is 6.02. The van der Waals surface area contributed by atoms with Crippen LogP contribution in [0.15, 0.2) is 40.3 Å². The zero-order valence-corrected chi connectivity index (χ0v) is 15.6. The van der Waals surface area contributed by atoms with Crippen LogP contribution >= 0.6 is 24.0 Å². The average Bonchev–Trinajstić information content (AvgIpc) is 2.91. The Balaban J connectivity index is 2.34. The number of nitrogens with zero attached hydrogens (tertiary/aromatic N) is 2. The molecule has 1 heterocycles. The predicted molar refractivity (Wildman–Crippen MR) is 99.0 cm³/mol. The lowest BCUT2D eigenvalue weighted by atomic mass is 10.1. The maximum atomic E-state index is 5.55. The Bertz CT molecular complexity index is 653. The molecule has 0 saturated carbocycles. The maximum Gasteiger partial charge on any atom is 0.256 e. The van der Waals surface area contributed by atoms with E-state index in [2.05, 4.69) is 54.9 Å². The second-order valence-electron chi connectivity index (χ2n) is 5.36. The third-order valence-electron chi connectivity index (χ3n) is 3.38. The molecule has 0 unspecified atom stereocenters. The van der Waals surface area contributed by atoms with E-state index in [1.54, 1.807) is 18.8 Å². The molecule has 2 rings (SSSR count). The number of hydrogen-bond acceptors (Lipinski definition) is 4. The van der Waals surface area contributed by atoms with Gasteiger partial charge in [-0.3, -0.25) is 0 Å². The Morgan fingerprint density at radius 3 is 2.61 bits per heavy atom. The van der Waals surface area contributed by atoms with Crippen LogP contribution in [0.5, 0.6) is 0 Å². The van der Waals surface area contributed by atoms with E-state index in [1.165, 1.54) is 9.92 Å². The molecule has 2 aromatic rings. The number of nitrogens with one attached hydrogen (secondary N) is 1. The fraction of sp³-hybridized carbons (Fsp3) is 0.412. The van der Waals surface area contributed by atoms with Gasteiger partial charge in [-0.1, -0.05) is 43.8 Å². The van der Waals surface area contributed by atoms with Crippen molar-refractivity contribution in [1.29, 1.82) is 0 Å². The van der Waals surface area contributed by atoms with E-state index in [-0.39, 0.29) is 0 Å². The molecule has 0 spiro atoms. The third-order valence-corrected chi connectivity index (χ3v) is 4.84. The minimum atomic E-state index is 0.351. The molecule has 6 heteroatoms. The highest BCUT2D eigenvalue weighted by Gasteiger charge is 2.20. The molecular formula is C17H23N3OS2. The lowest BCUT2D eigenvalue weighted by Crippen LogP contribution is -2.19. The molecule has 124 valence electrons. The van der Waals surface area contributed by atoms with Gasteiger partial charge in [-0.15, -0.1) is 0 Å². The number of benzene rings is 1. The van der Waals surface area contributed by atoms with Gasteiger partial charge in [0.2, 0.25) is 0 Å². The van der Waals surface area contributed by atoms with Crippen LogP contribution in [-0.2, 0) is 17.9 Å². The fourth-order valence-corrected chi connectivity index (χ4v) is 3.53. The van der Waals surface area contributed by atoms with Crippen molar-refractivity contribution < 1.29 is 4.74 Å². The van der Waals surface area contributed by atoms with Crippen molar-refractivity contribution >= 4 is 29.2 Å². The Kier molecular flexibility index (Phi) is 6.47. The quantitative estimate of drug-likeness (QED) is 0.792. The van der Waals surface area contributed by atoms with Crippen LogP contribution in [0.4, 0.5) is 0 Å². The molecule has 0 aliphatic carbocycles. The van der Waals surface area contributed by atoms with Gasteiger partial charge in [0.15, 0.2) is 0 Å². The molecule has 0 fully saturated rings. The smallest absolute Gasteiger partial charge is 0.256 e. The average molecular weight is 350 g/mol. The SMILES string of the molecule is CCn1c(COC(=S)NC)nc(C(C)C)c1Sc1ccccc1. The van der Waals surface area contributed by atoms with E-state index < -0.39 is 0 Å². The van der Waals surface area contributed by atoms with Crippen LogP contribution < -0.4 is 5.32 Å². The summed E-state index contributed by atoms with van der Waals surface area (Å²) in [6.07, 6.45) is 0.